The number of aromatic nitrogens is 1. The molecule has 0 aliphatic heterocycles. The first-order valence-corrected chi connectivity index (χ1v) is 9.40. The average Bonchev–Trinajstić information content (AvgIpc) is 3.18. The topological polar surface area (TPSA) is 78.5 Å². The van der Waals surface area contributed by atoms with E-state index in [1.165, 1.54) is 26.2 Å². The summed E-state index contributed by atoms with van der Waals surface area (Å²) >= 11 is 0. The number of sulfone groups is 1. The molecule has 0 spiro atoms. The van der Waals surface area contributed by atoms with Gasteiger partial charge in [0.25, 0.3) is 0 Å². The van der Waals surface area contributed by atoms with Crippen molar-refractivity contribution < 1.29 is 22.4 Å². The highest BCUT2D eigenvalue weighted by Crippen LogP contribution is 2.36. The second kappa shape index (κ2) is 6.49. The average molecular weight is 373 g/mol. The van der Waals surface area contributed by atoms with Crippen molar-refractivity contribution in [2.24, 2.45) is 7.05 Å². The summed E-state index contributed by atoms with van der Waals surface area (Å²) in [6, 6.07) is 9.70. The Morgan fingerprint density at radius 1 is 1.15 bits per heavy atom. The number of ketones is 1. The number of carbonyl (C=O) groups excluding carboxylic acids is 1. The van der Waals surface area contributed by atoms with Crippen molar-refractivity contribution >= 4 is 15.6 Å². The summed E-state index contributed by atoms with van der Waals surface area (Å²) in [7, 11) is -0.610. The highest BCUT2D eigenvalue weighted by atomic mass is 32.2. The van der Waals surface area contributed by atoms with Gasteiger partial charge in [0.15, 0.2) is 17.3 Å². The van der Waals surface area contributed by atoms with E-state index in [1.54, 1.807) is 42.1 Å². The number of hydrogen-bond donors (Lipinski definition) is 0. The van der Waals surface area contributed by atoms with Crippen LogP contribution in [0.4, 0.5) is 0 Å². The number of methoxy groups -OCH3 is 1. The van der Waals surface area contributed by atoms with Gasteiger partial charge in [0.2, 0.25) is 15.6 Å². The van der Waals surface area contributed by atoms with Gasteiger partial charge in [-0.05, 0) is 25.1 Å². The van der Waals surface area contributed by atoms with Crippen molar-refractivity contribution in [1.82, 2.24) is 4.57 Å². The van der Waals surface area contributed by atoms with E-state index in [0.717, 1.165) is 5.56 Å². The monoisotopic (exact) mass is 373 g/mol. The van der Waals surface area contributed by atoms with Gasteiger partial charge in [-0.1, -0.05) is 17.7 Å². The van der Waals surface area contributed by atoms with Gasteiger partial charge in [-0.25, -0.2) is 8.42 Å². The summed E-state index contributed by atoms with van der Waals surface area (Å²) in [5.41, 5.74) is 1.33. The summed E-state index contributed by atoms with van der Waals surface area (Å²) in [6.07, 6.45) is 1.64. The number of rotatable bonds is 5. The highest BCUT2D eigenvalue weighted by Gasteiger charge is 2.28. The molecular formula is C19H19NO5S. The summed E-state index contributed by atoms with van der Waals surface area (Å²) in [4.78, 5) is 12.0. The standard InChI is InChI=1S/C19H19NO5S/c1-12-5-7-14(8-6-12)26(22,23)17-9-10-20(3)18(17)15-11-16(24-4)19(25-15)13(2)21/h5-11H,1-4H3. The zero-order chi connectivity index (χ0) is 19.1. The van der Waals surface area contributed by atoms with E-state index in [1.807, 2.05) is 6.92 Å². The Morgan fingerprint density at radius 2 is 1.81 bits per heavy atom. The van der Waals surface area contributed by atoms with Crippen molar-refractivity contribution in [1.29, 1.82) is 0 Å². The largest absolute Gasteiger partial charge is 0.493 e. The summed E-state index contributed by atoms with van der Waals surface area (Å²) in [5.74, 6) is 0.283. The van der Waals surface area contributed by atoms with Crippen molar-refractivity contribution in [3.8, 4) is 17.2 Å². The molecule has 2 aromatic heterocycles. The van der Waals surface area contributed by atoms with Crippen molar-refractivity contribution in [2.45, 2.75) is 23.6 Å². The Balaban J connectivity index is 2.19. The van der Waals surface area contributed by atoms with Crippen LogP contribution in [0.5, 0.6) is 5.75 Å². The van der Waals surface area contributed by atoms with Crippen LogP contribution in [0.15, 0.2) is 56.8 Å². The van der Waals surface area contributed by atoms with E-state index in [0.29, 0.717) is 5.69 Å². The lowest BCUT2D eigenvalue weighted by molar-refractivity contribution is 0.0984. The summed E-state index contributed by atoms with van der Waals surface area (Å²) < 4.78 is 38.6. The SMILES string of the molecule is COc1cc(-c2c(S(=O)(=O)c3ccc(C)cc3)ccn2C)oc1C(C)=O. The van der Waals surface area contributed by atoms with E-state index in [9.17, 15) is 13.2 Å². The van der Waals surface area contributed by atoms with Crippen molar-refractivity contribution in [2.75, 3.05) is 7.11 Å². The van der Waals surface area contributed by atoms with Gasteiger partial charge in [0.05, 0.1) is 12.0 Å². The van der Waals surface area contributed by atoms with Gasteiger partial charge >= 0.3 is 0 Å². The molecule has 0 fully saturated rings. The van der Waals surface area contributed by atoms with Crippen LogP contribution in [0, 0.1) is 6.92 Å². The molecule has 0 saturated heterocycles. The van der Waals surface area contributed by atoms with Crippen LogP contribution in [-0.4, -0.2) is 25.9 Å². The minimum atomic E-state index is -3.75. The van der Waals surface area contributed by atoms with E-state index in [-0.39, 0.29) is 32.8 Å². The molecule has 0 aliphatic carbocycles. The third kappa shape index (κ3) is 2.94. The van der Waals surface area contributed by atoms with Crippen LogP contribution < -0.4 is 4.74 Å². The first kappa shape index (κ1) is 18.0. The van der Waals surface area contributed by atoms with E-state index >= 15 is 0 Å². The number of hydrogen-bond acceptors (Lipinski definition) is 5. The number of ether oxygens (including phenoxy) is 1. The van der Waals surface area contributed by atoms with Gasteiger partial charge in [-0.2, -0.15) is 0 Å². The Kier molecular flexibility index (Phi) is 4.50. The van der Waals surface area contributed by atoms with Crippen LogP contribution in [0.2, 0.25) is 0 Å². The zero-order valence-electron chi connectivity index (χ0n) is 14.9. The molecule has 0 unspecified atom stereocenters. The Bertz CT molecular complexity index is 1070. The molecule has 3 aromatic rings. The molecule has 3 rings (SSSR count). The first-order chi connectivity index (χ1) is 12.3. The molecule has 7 heteroatoms. The molecule has 2 heterocycles. The van der Waals surface area contributed by atoms with Gasteiger partial charge in [-0.3, -0.25) is 4.79 Å². The minimum Gasteiger partial charge on any atom is -0.493 e. The zero-order valence-corrected chi connectivity index (χ0v) is 15.8. The Morgan fingerprint density at radius 3 is 2.35 bits per heavy atom. The molecule has 1 aromatic carbocycles. The molecule has 136 valence electrons. The maximum absolute atomic E-state index is 13.1. The van der Waals surface area contributed by atoms with E-state index < -0.39 is 9.84 Å². The fourth-order valence-corrected chi connectivity index (χ4v) is 4.24. The second-order valence-corrected chi connectivity index (χ2v) is 7.94. The second-order valence-electron chi connectivity index (χ2n) is 6.02. The quantitative estimate of drug-likeness (QED) is 0.638. The van der Waals surface area contributed by atoms with Crippen LogP contribution in [0.3, 0.4) is 0 Å². The maximum Gasteiger partial charge on any atom is 0.212 e. The van der Waals surface area contributed by atoms with Gasteiger partial charge in [0.1, 0.15) is 10.6 Å². The van der Waals surface area contributed by atoms with E-state index in [2.05, 4.69) is 0 Å². The molecule has 0 atom stereocenters. The third-order valence-electron chi connectivity index (χ3n) is 4.13. The normalized spacial score (nSPS) is 11.5. The predicted octanol–water partition coefficient (Wildman–Crippen LogP) is 3.64. The number of carbonyl (C=O) groups is 1. The molecule has 0 radical (unpaired) electrons. The molecule has 6 nitrogen and oxygen atoms in total. The molecule has 0 amide bonds. The molecule has 0 saturated carbocycles. The molecule has 0 aliphatic rings. The fraction of sp³-hybridized carbons (Fsp3) is 0.211. The minimum absolute atomic E-state index is 0.0578. The molecule has 0 N–H and O–H groups in total. The lowest BCUT2D eigenvalue weighted by Gasteiger charge is -2.07. The number of aryl methyl sites for hydroxylation is 2. The first-order valence-electron chi connectivity index (χ1n) is 7.92. The van der Waals surface area contributed by atoms with Crippen LogP contribution in [-0.2, 0) is 16.9 Å². The van der Waals surface area contributed by atoms with Crippen molar-refractivity contribution in [3.63, 3.8) is 0 Å². The van der Waals surface area contributed by atoms with Crippen LogP contribution >= 0.6 is 0 Å². The van der Waals surface area contributed by atoms with Crippen LogP contribution in [0.25, 0.3) is 11.5 Å². The number of nitrogens with zero attached hydrogens (tertiary/aromatic N) is 1. The lowest BCUT2D eigenvalue weighted by Crippen LogP contribution is -2.04. The Labute approximate surface area is 151 Å². The third-order valence-corrected chi connectivity index (χ3v) is 5.93. The molecular weight excluding hydrogens is 354 g/mol. The smallest absolute Gasteiger partial charge is 0.212 e. The van der Waals surface area contributed by atoms with Crippen molar-refractivity contribution in [3.05, 3.63) is 53.9 Å². The van der Waals surface area contributed by atoms with Gasteiger partial charge < -0.3 is 13.7 Å². The lowest BCUT2D eigenvalue weighted by atomic mass is 10.2. The number of Topliss-reactive ketones (excluding diaryl/α,β-unsaturated/α-hetero) is 1. The molecule has 0 bridgehead atoms. The summed E-state index contributed by atoms with van der Waals surface area (Å²) in [5, 5.41) is 0. The summed E-state index contributed by atoms with van der Waals surface area (Å²) in [6.45, 7) is 3.25. The number of furan rings is 1. The Hall–Kier alpha value is -2.80. The predicted molar refractivity (Wildman–Crippen MR) is 96.3 cm³/mol. The number of benzene rings is 1. The van der Waals surface area contributed by atoms with Gasteiger partial charge in [0, 0.05) is 26.2 Å². The fourth-order valence-electron chi connectivity index (χ4n) is 2.75. The van der Waals surface area contributed by atoms with E-state index in [4.69, 9.17) is 9.15 Å². The van der Waals surface area contributed by atoms with Crippen LogP contribution in [0.1, 0.15) is 23.0 Å². The maximum atomic E-state index is 13.1. The molecule has 26 heavy (non-hydrogen) atoms. The van der Waals surface area contributed by atoms with Gasteiger partial charge in [-0.15, -0.1) is 0 Å². The highest BCUT2D eigenvalue weighted by molar-refractivity contribution is 7.91.